The summed E-state index contributed by atoms with van der Waals surface area (Å²) in [6, 6.07) is 0.473. The first-order chi connectivity index (χ1) is 13.8. The van der Waals surface area contributed by atoms with Crippen molar-refractivity contribution in [3.63, 3.8) is 0 Å². The van der Waals surface area contributed by atoms with Gasteiger partial charge in [0.2, 0.25) is 5.60 Å². The van der Waals surface area contributed by atoms with E-state index in [1.165, 1.54) is 0 Å². The van der Waals surface area contributed by atoms with Gasteiger partial charge in [-0.15, -0.1) is 10.2 Å². The van der Waals surface area contributed by atoms with Crippen LogP contribution in [0.5, 0.6) is 0 Å². The Morgan fingerprint density at radius 3 is 2.40 bits per heavy atom. The first kappa shape index (κ1) is 22.6. The molecule has 0 fully saturated rings. The summed E-state index contributed by atoms with van der Waals surface area (Å²) in [7, 11) is 0. The predicted octanol–water partition coefficient (Wildman–Crippen LogP) is 3.55. The van der Waals surface area contributed by atoms with Gasteiger partial charge < -0.3 is 19.8 Å². The molecule has 3 N–H and O–H groups in total. The van der Waals surface area contributed by atoms with Gasteiger partial charge in [0, 0.05) is 11.2 Å². The number of nitrogens with two attached hydrogens (primary N) is 1. The molecule has 0 saturated carbocycles. The number of nitrogens with zero attached hydrogens (tertiary/aromatic N) is 3. The van der Waals surface area contributed by atoms with Crippen molar-refractivity contribution >= 4 is 16.9 Å². The van der Waals surface area contributed by atoms with E-state index in [-0.39, 0.29) is 31.4 Å². The van der Waals surface area contributed by atoms with Crippen LogP contribution >= 0.6 is 0 Å². The molecule has 0 unspecified atom stereocenters. The number of rotatable bonds is 0. The molecule has 1 aliphatic heterocycles. The van der Waals surface area contributed by atoms with Crippen molar-refractivity contribution in [2.75, 3.05) is 11.5 Å². The molecule has 2 aromatic heterocycles. The molecule has 2 aromatic rings. The molecule has 14 heteroatoms. The lowest BCUT2D eigenvalue weighted by Gasteiger charge is -2.27. The normalized spacial score (nSPS) is 23.8. The number of halogens is 6. The summed E-state index contributed by atoms with van der Waals surface area (Å²) < 4.78 is 98.1. The van der Waals surface area contributed by atoms with E-state index in [1.807, 2.05) is 0 Å². The standard InChI is InChI=1S/C16H16F6N4O3S/c17-15(18,19)8-7-9(23)10-11-25-26-13(29-11)14(27,16(20,21)22)5-3-1-2-4-6-30(28)12(8)24-10/h7,27H,1-6,23H2/t14-,30+/m1/s1. The fourth-order valence-electron chi connectivity index (χ4n) is 2.98. The summed E-state index contributed by atoms with van der Waals surface area (Å²) in [6.07, 6.45) is -10.2. The summed E-state index contributed by atoms with van der Waals surface area (Å²) in [4.78, 5) is 3.66. The number of alkyl halides is 6. The Kier molecular flexibility index (Phi) is 5.95. The van der Waals surface area contributed by atoms with Gasteiger partial charge in [-0.2, -0.15) is 31.3 Å². The lowest BCUT2D eigenvalue weighted by atomic mass is 9.95. The van der Waals surface area contributed by atoms with Crippen LogP contribution in [0.25, 0.3) is 11.6 Å². The Hall–Kier alpha value is -2.06. The molecule has 0 spiro atoms. The number of fused-ring (bicyclic) bond motifs is 5. The SMILES string of the molecule is Nc1cc(C(F)(F)F)c2nc1-c1nnc(o1)[C@@](O)(C(F)(F)F)CCCCCC[S@+]2[O-]. The Balaban J connectivity index is 2.19. The molecule has 0 amide bonds. The smallest absolute Gasteiger partial charge is 0.426 e. The minimum absolute atomic E-state index is 0.0835. The molecule has 0 aliphatic carbocycles. The summed E-state index contributed by atoms with van der Waals surface area (Å²) in [6.45, 7) is 0. The van der Waals surface area contributed by atoms with Gasteiger partial charge in [-0.05, 0) is 31.7 Å². The molecule has 0 radical (unpaired) electrons. The minimum Gasteiger partial charge on any atom is -0.610 e. The topological polar surface area (TPSA) is 121 Å². The lowest BCUT2D eigenvalue weighted by molar-refractivity contribution is -0.277. The third-order valence-electron chi connectivity index (χ3n) is 4.61. The Labute approximate surface area is 168 Å². The average Bonchev–Trinajstić information content (AvgIpc) is 3.11. The van der Waals surface area contributed by atoms with Crippen molar-refractivity contribution in [1.82, 2.24) is 15.2 Å². The molecule has 3 heterocycles. The molecule has 30 heavy (non-hydrogen) atoms. The van der Waals surface area contributed by atoms with Crippen molar-refractivity contribution < 1.29 is 40.4 Å². The summed E-state index contributed by atoms with van der Waals surface area (Å²) in [5.41, 5.74) is -0.321. The zero-order valence-corrected chi connectivity index (χ0v) is 16.0. The molecule has 1 aliphatic rings. The second-order valence-corrected chi connectivity index (χ2v) is 8.25. The van der Waals surface area contributed by atoms with Crippen molar-refractivity contribution in [1.29, 1.82) is 0 Å². The minimum atomic E-state index is -5.14. The molecule has 4 bridgehead atoms. The van der Waals surface area contributed by atoms with Gasteiger partial charge in [0.1, 0.15) is 11.3 Å². The third-order valence-corrected chi connectivity index (χ3v) is 6.01. The van der Waals surface area contributed by atoms with Crippen molar-refractivity contribution in [2.24, 2.45) is 0 Å². The Morgan fingerprint density at radius 1 is 1.10 bits per heavy atom. The second kappa shape index (κ2) is 7.89. The molecule has 2 atom stereocenters. The number of hydrogen-bond acceptors (Lipinski definition) is 7. The van der Waals surface area contributed by atoms with E-state index in [1.54, 1.807) is 0 Å². The molecular formula is C16H16F6N4O3S. The van der Waals surface area contributed by atoms with E-state index < -0.39 is 69.3 Å². The van der Waals surface area contributed by atoms with Crippen LogP contribution in [-0.4, -0.2) is 36.8 Å². The molecule has 0 aromatic carbocycles. The van der Waals surface area contributed by atoms with Gasteiger partial charge >= 0.3 is 12.4 Å². The zero-order valence-electron chi connectivity index (χ0n) is 15.2. The highest BCUT2D eigenvalue weighted by Crippen LogP contribution is 2.44. The van der Waals surface area contributed by atoms with Crippen LogP contribution in [0.1, 0.15) is 43.6 Å². The van der Waals surface area contributed by atoms with Crippen LogP contribution in [0.4, 0.5) is 32.0 Å². The highest BCUT2D eigenvalue weighted by molar-refractivity contribution is 7.91. The van der Waals surface area contributed by atoms with Gasteiger partial charge in [0.05, 0.1) is 5.69 Å². The van der Waals surface area contributed by atoms with Gasteiger partial charge in [0.25, 0.3) is 16.8 Å². The first-order valence-corrected chi connectivity index (χ1v) is 10.1. The van der Waals surface area contributed by atoms with Crippen molar-refractivity contribution in [3.8, 4) is 11.6 Å². The van der Waals surface area contributed by atoms with Crippen LogP contribution in [0.15, 0.2) is 15.5 Å². The molecule has 3 rings (SSSR count). The van der Waals surface area contributed by atoms with Crippen LogP contribution in [0, 0.1) is 0 Å². The highest BCUT2D eigenvalue weighted by atomic mass is 32.2. The maximum absolute atomic E-state index is 13.5. The molecule has 0 saturated heterocycles. The van der Waals surface area contributed by atoms with Gasteiger partial charge in [-0.1, -0.05) is 6.42 Å². The van der Waals surface area contributed by atoms with E-state index in [9.17, 15) is 36.0 Å². The average molecular weight is 458 g/mol. The van der Waals surface area contributed by atoms with E-state index >= 15 is 0 Å². The maximum Gasteiger partial charge on any atom is 0.426 e. The summed E-state index contributed by atoms with van der Waals surface area (Å²) in [5.74, 6) is -2.09. The highest BCUT2D eigenvalue weighted by Gasteiger charge is 2.58. The quantitative estimate of drug-likeness (QED) is 0.457. The number of aromatic nitrogens is 3. The number of hydrogen-bond donors (Lipinski definition) is 2. The first-order valence-electron chi connectivity index (χ1n) is 8.74. The molecule has 7 nitrogen and oxygen atoms in total. The van der Waals surface area contributed by atoms with Crippen LogP contribution in [-0.2, 0) is 23.0 Å². The number of anilines is 1. The second-order valence-electron chi connectivity index (χ2n) is 6.76. The summed E-state index contributed by atoms with van der Waals surface area (Å²) in [5, 5.41) is 16.0. The fraction of sp³-hybridized carbons (Fsp3) is 0.562. The van der Waals surface area contributed by atoms with E-state index in [2.05, 4.69) is 15.2 Å². The van der Waals surface area contributed by atoms with E-state index in [0.29, 0.717) is 6.07 Å². The summed E-state index contributed by atoms with van der Waals surface area (Å²) >= 11 is -2.15. The molecular weight excluding hydrogens is 442 g/mol. The molecule has 166 valence electrons. The van der Waals surface area contributed by atoms with Crippen LogP contribution in [0.2, 0.25) is 0 Å². The third kappa shape index (κ3) is 4.21. The van der Waals surface area contributed by atoms with Gasteiger partial charge in [-0.25, -0.2) is 0 Å². The largest absolute Gasteiger partial charge is 0.610 e. The van der Waals surface area contributed by atoms with Crippen LogP contribution < -0.4 is 5.73 Å². The zero-order chi connectivity index (χ0) is 22.3. The van der Waals surface area contributed by atoms with Crippen molar-refractivity contribution in [3.05, 3.63) is 17.5 Å². The lowest BCUT2D eigenvalue weighted by Crippen LogP contribution is -2.42. The number of pyridine rings is 1. The monoisotopic (exact) mass is 458 g/mol. The number of aliphatic hydroxyl groups is 1. The van der Waals surface area contributed by atoms with E-state index in [0.717, 1.165) is 0 Å². The predicted molar refractivity (Wildman–Crippen MR) is 91.3 cm³/mol. The maximum atomic E-state index is 13.5. The fourth-order valence-corrected chi connectivity index (χ4v) is 4.25. The Morgan fingerprint density at radius 2 is 1.77 bits per heavy atom. The van der Waals surface area contributed by atoms with Gasteiger partial charge in [-0.3, -0.25) is 0 Å². The van der Waals surface area contributed by atoms with Crippen molar-refractivity contribution in [2.45, 2.75) is 55.1 Å². The Bertz CT molecular complexity index is 919. The van der Waals surface area contributed by atoms with E-state index in [4.69, 9.17) is 10.2 Å². The number of nitrogen functional groups attached to an aromatic ring is 1. The van der Waals surface area contributed by atoms with Crippen LogP contribution in [0.3, 0.4) is 0 Å². The van der Waals surface area contributed by atoms with Gasteiger partial charge in [0.15, 0.2) is 5.69 Å².